The highest BCUT2D eigenvalue weighted by molar-refractivity contribution is 5.65. The van der Waals surface area contributed by atoms with E-state index >= 15 is 0 Å². The quantitative estimate of drug-likeness (QED) is 0.645. The minimum absolute atomic E-state index is 0.375. The zero-order valence-corrected chi connectivity index (χ0v) is 6.86. The van der Waals surface area contributed by atoms with Gasteiger partial charge in [-0.15, -0.1) is 0 Å². The maximum Gasteiger partial charge on any atom is 0.0991 e. The molecule has 0 aliphatic carbocycles. The first kappa shape index (κ1) is 8.83. The number of nitriles is 2. The summed E-state index contributed by atoms with van der Waals surface area (Å²) < 4.78 is 0. The van der Waals surface area contributed by atoms with Gasteiger partial charge >= 0.3 is 0 Å². The Morgan fingerprint density at radius 1 is 1.38 bits per heavy atom. The molecular weight excluding hydrogens is 162 g/mol. The van der Waals surface area contributed by atoms with E-state index in [4.69, 9.17) is 16.3 Å². The highest BCUT2D eigenvalue weighted by atomic mass is 14.6. The predicted molar refractivity (Wildman–Crippen MR) is 48.9 cm³/mol. The molecule has 0 bridgehead atoms. The summed E-state index contributed by atoms with van der Waals surface area (Å²) in [6.45, 7) is 0. The summed E-state index contributed by atoms with van der Waals surface area (Å²) in [6, 6.07) is 10.6. The Balaban J connectivity index is 3.12. The largest absolute Gasteiger partial charge is 0.398 e. The first-order valence-corrected chi connectivity index (χ1v) is 3.63. The molecule has 0 heterocycles. The maximum atomic E-state index is 8.60. The Labute approximate surface area is 76.3 Å². The molecule has 1 aromatic carbocycles. The van der Waals surface area contributed by atoms with Crippen molar-refractivity contribution >= 4 is 5.70 Å². The number of hydrogen-bond acceptors (Lipinski definition) is 3. The highest BCUT2D eigenvalue weighted by Crippen LogP contribution is 2.10. The van der Waals surface area contributed by atoms with Crippen LogP contribution in [0.15, 0.2) is 30.3 Å². The molecule has 0 aliphatic rings. The van der Waals surface area contributed by atoms with Crippen molar-refractivity contribution in [3.8, 4) is 12.1 Å². The minimum Gasteiger partial charge on any atom is -0.398 e. The van der Waals surface area contributed by atoms with Gasteiger partial charge in [0.15, 0.2) is 0 Å². The molecule has 0 aromatic heterocycles. The van der Waals surface area contributed by atoms with E-state index in [9.17, 15) is 0 Å². The zero-order chi connectivity index (χ0) is 9.68. The molecule has 3 nitrogen and oxygen atoms in total. The molecule has 0 saturated heterocycles. The zero-order valence-electron chi connectivity index (χ0n) is 6.86. The Hall–Kier alpha value is -2.26. The third kappa shape index (κ3) is 2.08. The van der Waals surface area contributed by atoms with Crippen molar-refractivity contribution < 1.29 is 0 Å². The van der Waals surface area contributed by atoms with Crippen LogP contribution in [0, 0.1) is 22.7 Å². The van der Waals surface area contributed by atoms with Crippen molar-refractivity contribution in [3.63, 3.8) is 0 Å². The Kier molecular flexibility index (Phi) is 2.68. The molecule has 0 saturated carbocycles. The topological polar surface area (TPSA) is 73.6 Å². The third-order valence-electron chi connectivity index (χ3n) is 1.55. The van der Waals surface area contributed by atoms with E-state index < -0.39 is 0 Å². The van der Waals surface area contributed by atoms with E-state index in [1.807, 2.05) is 12.1 Å². The fourth-order valence-electron chi connectivity index (χ4n) is 0.921. The van der Waals surface area contributed by atoms with Crippen molar-refractivity contribution in [1.82, 2.24) is 0 Å². The van der Waals surface area contributed by atoms with Gasteiger partial charge in [0.1, 0.15) is 0 Å². The van der Waals surface area contributed by atoms with Gasteiger partial charge in [0, 0.05) is 11.8 Å². The summed E-state index contributed by atoms with van der Waals surface area (Å²) in [5.74, 6) is 0. The second kappa shape index (κ2) is 3.94. The lowest BCUT2D eigenvalue weighted by Gasteiger charge is -1.98. The van der Waals surface area contributed by atoms with Crippen LogP contribution in [0.3, 0.4) is 0 Å². The van der Waals surface area contributed by atoms with E-state index in [0.717, 1.165) is 0 Å². The molecule has 62 valence electrons. The van der Waals surface area contributed by atoms with Crippen LogP contribution in [-0.2, 0) is 0 Å². The van der Waals surface area contributed by atoms with Gasteiger partial charge < -0.3 is 5.73 Å². The van der Waals surface area contributed by atoms with Crippen LogP contribution in [-0.4, -0.2) is 0 Å². The number of allylic oxidation sites excluding steroid dienone is 1. The minimum atomic E-state index is 0.375. The number of nitrogens with two attached hydrogens (primary N) is 1. The summed E-state index contributed by atoms with van der Waals surface area (Å²) >= 11 is 0. The summed E-state index contributed by atoms with van der Waals surface area (Å²) in [6.07, 6.45) is 1.25. The van der Waals surface area contributed by atoms with Gasteiger partial charge in [-0.1, -0.05) is 12.1 Å². The maximum absolute atomic E-state index is 8.60. The van der Waals surface area contributed by atoms with E-state index in [-0.39, 0.29) is 0 Å². The van der Waals surface area contributed by atoms with Crippen molar-refractivity contribution in [2.45, 2.75) is 0 Å². The summed E-state index contributed by atoms with van der Waals surface area (Å²) in [4.78, 5) is 0. The molecule has 2 N–H and O–H groups in total. The SMILES string of the molecule is N#C/C=C(/N)c1cccc(C#N)c1. The molecule has 3 heteroatoms. The second-order valence-corrected chi connectivity index (χ2v) is 2.42. The van der Waals surface area contributed by atoms with E-state index in [2.05, 4.69) is 0 Å². The van der Waals surface area contributed by atoms with Crippen molar-refractivity contribution in [1.29, 1.82) is 10.5 Å². The molecule has 13 heavy (non-hydrogen) atoms. The van der Waals surface area contributed by atoms with Gasteiger partial charge in [-0.25, -0.2) is 0 Å². The van der Waals surface area contributed by atoms with E-state index in [0.29, 0.717) is 16.8 Å². The van der Waals surface area contributed by atoms with Gasteiger partial charge in [-0.05, 0) is 17.7 Å². The number of benzene rings is 1. The predicted octanol–water partition coefficient (Wildman–Crippen LogP) is 1.38. The van der Waals surface area contributed by atoms with Crippen LogP contribution in [0.1, 0.15) is 11.1 Å². The third-order valence-corrected chi connectivity index (χ3v) is 1.55. The average molecular weight is 169 g/mol. The lowest BCUT2D eigenvalue weighted by atomic mass is 10.1. The molecular formula is C10H7N3. The van der Waals surface area contributed by atoms with Gasteiger partial charge in [0.25, 0.3) is 0 Å². The molecule has 0 atom stereocenters. The number of nitrogens with zero attached hydrogens (tertiary/aromatic N) is 2. The molecule has 0 radical (unpaired) electrons. The van der Waals surface area contributed by atoms with Crippen LogP contribution in [0.4, 0.5) is 0 Å². The normalized spacial score (nSPS) is 10.2. The summed E-state index contributed by atoms with van der Waals surface area (Å²) in [7, 11) is 0. The fourth-order valence-corrected chi connectivity index (χ4v) is 0.921. The van der Waals surface area contributed by atoms with Crippen LogP contribution >= 0.6 is 0 Å². The lowest BCUT2D eigenvalue weighted by Crippen LogP contribution is -1.95. The second-order valence-electron chi connectivity index (χ2n) is 2.42. The smallest absolute Gasteiger partial charge is 0.0991 e. The monoisotopic (exact) mass is 169 g/mol. The Bertz CT molecular complexity index is 419. The van der Waals surface area contributed by atoms with Crippen LogP contribution in [0.5, 0.6) is 0 Å². The van der Waals surface area contributed by atoms with E-state index in [1.165, 1.54) is 6.08 Å². The summed E-state index contributed by atoms with van der Waals surface area (Å²) in [5.41, 5.74) is 7.16. The molecule has 0 fully saturated rings. The molecule has 0 unspecified atom stereocenters. The number of rotatable bonds is 1. The van der Waals surface area contributed by atoms with Crippen molar-refractivity contribution in [2.24, 2.45) is 5.73 Å². The van der Waals surface area contributed by atoms with Crippen LogP contribution < -0.4 is 5.73 Å². The molecule has 0 aliphatic heterocycles. The lowest BCUT2D eigenvalue weighted by molar-refractivity contribution is 1.45. The van der Waals surface area contributed by atoms with E-state index in [1.54, 1.807) is 24.3 Å². The first-order valence-electron chi connectivity index (χ1n) is 3.63. The van der Waals surface area contributed by atoms with Crippen LogP contribution in [0.2, 0.25) is 0 Å². The van der Waals surface area contributed by atoms with Gasteiger partial charge in [0.05, 0.1) is 17.7 Å². The van der Waals surface area contributed by atoms with Crippen molar-refractivity contribution in [2.75, 3.05) is 0 Å². The standard InChI is InChI=1S/C10H7N3/c11-5-4-10(13)9-3-1-2-8(6-9)7-12/h1-4,6H,13H2/b10-4+. The fraction of sp³-hybridized carbons (Fsp3) is 0. The molecule has 0 spiro atoms. The summed E-state index contributed by atoms with van der Waals surface area (Å²) in [5, 5.41) is 17.0. The highest BCUT2D eigenvalue weighted by Gasteiger charge is 1.96. The van der Waals surface area contributed by atoms with Gasteiger partial charge in [0.2, 0.25) is 0 Å². The van der Waals surface area contributed by atoms with Gasteiger partial charge in [-0.2, -0.15) is 10.5 Å². The van der Waals surface area contributed by atoms with Gasteiger partial charge in [-0.3, -0.25) is 0 Å². The Morgan fingerprint density at radius 2 is 2.15 bits per heavy atom. The van der Waals surface area contributed by atoms with Crippen LogP contribution in [0.25, 0.3) is 5.70 Å². The molecule has 0 amide bonds. The van der Waals surface area contributed by atoms with Crippen molar-refractivity contribution in [3.05, 3.63) is 41.5 Å². The number of hydrogen-bond donors (Lipinski definition) is 1. The molecule has 1 rings (SSSR count). The molecule has 1 aromatic rings. The Morgan fingerprint density at radius 3 is 2.77 bits per heavy atom. The first-order chi connectivity index (χ1) is 6.27. The average Bonchev–Trinajstić information content (AvgIpc) is 2.18.